The summed E-state index contributed by atoms with van der Waals surface area (Å²) in [5, 5.41) is 1.64. The first kappa shape index (κ1) is 11.0. The van der Waals surface area contributed by atoms with Gasteiger partial charge in [0, 0.05) is 11.4 Å². The Morgan fingerprint density at radius 2 is 2.53 bits per heavy atom. The van der Waals surface area contributed by atoms with Crippen LogP contribution < -0.4 is 0 Å². The average Bonchev–Trinajstić information content (AvgIpc) is 2.86. The summed E-state index contributed by atoms with van der Waals surface area (Å²) in [7, 11) is 0. The highest BCUT2D eigenvalue weighted by Crippen LogP contribution is 2.35. The van der Waals surface area contributed by atoms with Crippen LogP contribution in [0.3, 0.4) is 0 Å². The van der Waals surface area contributed by atoms with Crippen molar-refractivity contribution in [3.05, 3.63) is 22.4 Å². The molecule has 15 heavy (non-hydrogen) atoms. The zero-order valence-electron chi connectivity index (χ0n) is 8.65. The van der Waals surface area contributed by atoms with Crippen LogP contribution in [0.15, 0.2) is 17.5 Å². The smallest absolute Gasteiger partial charge is 0.240 e. The van der Waals surface area contributed by atoms with Gasteiger partial charge < -0.3 is 4.90 Å². The Hall–Kier alpha value is -0.540. The molecule has 2 rings (SSSR count). The molecule has 0 spiro atoms. The molecule has 0 radical (unpaired) electrons. The Labute approximate surface area is 98.8 Å². The molecule has 82 valence electrons. The first-order chi connectivity index (χ1) is 7.20. The molecule has 1 saturated heterocycles. The summed E-state index contributed by atoms with van der Waals surface area (Å²) >= 11 is 7.56. The van der Waals surface area contributed by atoms with Crippen molar-refractivity contribution in [3.63, 3.8) is 0 Å². The van der Waals surface area contributed by atoms with Crippen LogP contribution in [0.2, 0.25) is 0 Å². The first-order valence-corrected chi connectivity index (χ1v) is 6.49. The van der Waals surface area contributed by atoms with Crippen molar-refractivity contribution >= 4 is 28.8 Å². The minimum atomic E-state index is -0.412. The average molecular weight is 244 g/mol. The van der Waals surface area contributed by atoms with Crippen molar-refractivity contribution < 1.29 is 4.79 Å². The van der Waals surface area contributed by atoms with E-state index in [1.54, 1.807) is 18.3 Å². The lowest BCUT2D eigenvalue weighted by Gasteiger charge is -2.24. The number of alkyl halides is 1. The van der Waals surface area contributed by atoms with Crippen LogP contribution in [-0.2, 0) is 4.79 Å². The molecule has 1 aromatic rings. The van der Waals surface area contributed by atoms with Gasteiger partial charge in [0.05, 0.1) is 6.04 Å². The number of likely N-dealkylation sites (tertiary alicyclic amines) is 1. The highest BCUT2D eigenvalue weighted by molar-refractivity contribution is 7.10. The van der Waals surface area contributed by atoms with Crippen LogP contribution >= 0.6 is 22.9 Å². The van der Waals surface area contributed by atoms with Gasteiger partial charge in [-0.1, -0.05) is 6.07 Å². The fraction of sp³-hybridized carbons (Fsp3) is 0.545. The lowest BCUT2D eigenvalue weighted by Crippen LogP contribution is -2.34. The van der Waals surface area contributed by atoms with Gasteiger partial charge in [0.1, 0.15) is 5.38 Å². The zero-order valence-corrected chi connectivity index (χ0v) is 10.2. The van der Waals surface area contributed by atoms with E-state index in [-0.39, 0.29) is 11.9 Å². The number of rotatable bonds is 2. The number of thiophene rings is 1. The fourth-order valence-electron chi connectivity index (χ4n) is 2.04. The van der Waals surface area contributed by atoms with Gasteiger partial charge in [-0.2, -0.15) is 0 Å². The topological polar surface area (TPSA) is 20.3 Å². The van der Waals surface area contributed by atoms with E-state index >= 15 is 0 Å². The summed E-state index contributed by atoms with van der Waals surface area (Å²) in [6.45, 7) is 2.59. The zero-order chi connectivity index (χ0) is 10.8. The summed E-state index contributed by atoms with van der Waals surface area (Å²) in [5.41, 5.74) is 0. The molecule has 0 saturated carbocycles. The summed E-state index contributed by atoms with van der Waals surface area (Å²) in [4.78, 5) is 15.0. The minimum absolute atomic E-state index is 0.0626. The second-order valence-electron chi connectivity index (χ2n) is 3.82. The largest absolute Gasteiger partial charge is 0.334 e. The molecule has 4 heteroatoms. The molecule has 0 aliphatic carbocycles. The molecular formula is C11H14ClNOS. The number of hydrogen-bond donors (Lipinski definition) is 0. The Morgan fingerprint density at radius 1 is 1.73 bits per heavy atom. The van der Waals surface area contributed by atoms with Crippen molar-refractivity contribution in [2.45, 2.75) is 31.2 Å². The lowest BCUT2D eigenvalue weighted by molar-refractivity contribution is -0.131. The van der Waals surface area contributed by atoms with E-state index in [1.165, 1.54) is 4.88 Å². The third kappa shape index (κ3) is 2.18. The lowest BCUT2D eigenvalue weighted by atomic mass is 10.2. The van der Waals surface area contributed by atoms with E-state index in [1.807, 2.05) is 11.0 Å². The molecule has 2 heterocycles. The quantitative estimate of drug-likeness (QED) is 0.732. The second kappa shape index (κ2) is 4.54. The maximum Gasteiger partial charge on any atom is 0.240 e. The Balaban J connectivity index is 2.15. The standard InChI is InChI=1S/C11H14ClNOS/c1-8(12)11(14)13-6-2-4-9(13)10-5-3-7-15-10/h3,5,7-9H,2,4,6H2,1H3. The van der Waals surface area contributed by atoms with Crippen LogP contribution in [0.1, 0.15) is 30.7 Å². The Morgan fingerprint density at radius 3 is 3.13 bits per heavy atom. The van der Waals surface area contributed by atoms with Gasteiger partial charge in [0.2, 0.25) is 5.91 Å². The predicted molar refractivity (Wildman–Crippen MR) is 63.3 cm³/mol. The molecule has 0 N–H and O–H groups in total. The van der Waals surface area contributed by atoms with Crippen molar-refractivity contribution in [1.29, 1.82) is 0 Å². The van der Waals surface area contributed by atoms with E-state index < -0.39 is 5.38 Å². The molecule has 1 aliphatic heterocycles. The molecule has 1 amide bonds. The fourth-order valence-corrected chi connectivity index (χ4v) is 3.03. The molecule has 0 bridgehead atoms. The van der Waals surface area contributed by atoms with Crippen molar-refractivity contribution in [2.75, 3.05) is 6.54 Å². The van der Waals surface area contributed by atoms with Gasteiger partial charge in [-0.25, -0.2) is 0 Å². The second-order valence-corrected chi connectivity index (χ2v) is 5.46. The molecule has 1 aromatic heterocycles. The molecular weight excluding hydrogens is 230 g/mol. The monoisotopic (exact) mass is 243 g/mol. The van der Waals surface area contributed by atoms with Crippen molar-refractivity contribution in [3.8, 4) is 0 Å². The van der Waals surface area contributed by atoms with Crippen molar-refractivity contribution in [1.82, 2.24) is 4.90 Å². The van der Waals surface area contributed by atoms with E-state index in [4.69, 9.17) is 11.6 Å². The van der Waals surface area contributed by atoms with Gasteiger partial charge in [-0.3, -0.25) is 4.79 Å². The summed E-state index contributed by atoms with van der Waals surface area (Å²) in [6, 6.07) is 4.39. The maximum absolute atomic E-state index is 11.8. The number of hydrogen-bond acceptors (Lipinski definition) is 2. The molecule has 1 aliphatic rings. The highest BCUT2D eigenvalue weighted by Gasteiger charge is 2.32. The Bertz CT molecular complexity index is 336. The van der Waals surface area contributed by atoms with Crippen LogP contribution in [0.4, 0.5) is 0 Å². The molecule has 0 aromatic carbocycles. The van der Waals surface area contributed by atoms with Crippen LogP contribution in [-0.4, -0.2) is 22.7 Å². The minimum Gasteiger partial charge on any atom is -0.334 e. The number of halogens is 1. The number of carbonyl (C=O) groups excluding carboxylic acids is 1. The molecule has 2 nitrogen and oxygen atoms in total. The summed E-state index contributed by atoms with van der Waals surface area (Å²) in [5.74, 6) is 0.0626. The van der Waals surface area contributed by atoms with Gasteiger partial charge in [-0.05, 0) is 31.2 Å². The predicted octanol–water partition coefficient (Wildman–Crippen LogP) is 3.04. The van der Waals surface area contributed by atoms with Crippen molar-refractivity contribution in [2.24, 2.45) is 0 Å². The first-order valence-electron chi connectivity index (χ1n) is 5.18. The van der Waals surface area contributed by atoms with Gasteiger partial charge in [0.25, 0.3) is 0 Å². The molecule has 2 unspecified atom stereocenters. The summed E-state index contributed by atoms with van der Waals surface area (Å²) in [6.07, 6.45) is 2.15. The third-order valence-electron chi connectivity index (χ3n) is 2.75. The van der Waals surface area contributed by atoms with E-state index in [0.717, 1.165) is 19.4 Å². The van der Waals surface area contributed by atoms with Crippen LogP contribution in [0.25, 0.3) is 0 Å². The van der Waals surface area contributed by atoms with Gasteiger partial charge in [0.15, 0.2) is 0 Å². The maximum atomic E-state index is 11.8. The SMILES string of the molecule is CC(Cl)C(=O)N1CCCC1c1cccs1. The highest BCUT2D eigenvalue weighted by atomic mass is 35.5. The summed E-state index contributed by atoms with van der Waals surface area (Å²) < 4.78 is 0. The molecule has 2 atom stereocenters. The number of carbonyl (C=O) groups is 1. The normalized spacial score (nSPS) is 23.1. The van der Waals surface area contributed by atoms with E-state index in [2.05, 4.69) is 11.4 Å². The van der Waals surface area contributed by atoms with Crippen LogP contribution in [0.5, 0.6) is 0 Å². The molecule has 1 fully saturated rings. The third-order valence-corrected chi connectivity index (χ3v) is 3.91. The Kier molecular flexibility index (Phi) is 3.32. The van der Waals surface area contributed by atoms with E-state index in [0.29, 0.717) is 0 Å². The van der Waals surface area contributed by atoms with Crippen LogP contribution in [0, 0.1) is 0 Å². The van der Waals surface area contributed by atoms with Gasteiger partial charge in [-0.15, -0.1) is 22.9 Å². The number of amides is 1. The number of nitrogens with zero attached hydrogens (tertiary/aromatic N) is 1. The van der Waals surface area contributed by atoms with E-state index in [9.17, 15) is 4.79 Å². The van der Waals surface area contributed by atoms with Gasteiger partial charge >= 0.3 is 0 Å².